The van der Waals surface area contributed by atoms with Crippen LogP contribution in [0.1, 0.15) is 41.5 Å². The van der Waals surface area contributed by atoms with E-state index < -0.39 is 50.2 Å². The first-order chi connectivity index (χ1) is 13.7. The molecule has 0 N–H and O–H groups in total. The van der Waals surface area contributed by atoms with Gasteiger partial charge in [-0.05, 0) is 32.0 Å². The summed E-state index contributed by atoms with van der Waals surface area (Å²) < 4.78 is 41.8. The molecule has 0 radical (unpaired) electrons. The SMILES string of the molecule is COCO[C@H]1C(C)C(=O)[C@H]2O[C@@](C)(OC)[C@](C)(OC)O[C@@H]2[C@@H]1O[Si](C)(C)C(C)(C)C. The first kappa shape index (κ1) is 25.9. The number of Topliss-reactive ketones (excluding diaryl/α,β-unsaturated/α-hetero) is 1. The highest BCUT2D eigenvalue weighted by atomic mass is 28.4. The zero-order chi connectivity index (χ0) is 23.1. The number of ketones is 1. The Morgan fingerprint density at radius 1 is 1.00 bits per heavy atom. The molecule has 8 nitrogen and oxygen atoms in total. The zero-order valence-corrected chi connectivity index (χ0v) is 21.4. The minimum atomic E-state index is -2.24. The maximum Gasteiger partial charge on any atom is 0.221 e. The van der Waals surface area contributed by atoms with Crippen molar-refractivity contribution in [3.8, 4) is 0 Å². The van der Waals surface area contributed by atoms with Crippen LogP contribution >= 0.6 is 0 Å². The van der Waals surface area contributed by atoms with E-state index in [0.29, 0.717) is 0 Å². The Kier molecular flexibility index (Phi) is 7.64. The average molecular weight is 449 g/mol. The molecule has 0 bridgehead atoms. The van der Waals surface area contributed by atoms with Crippen molar-refractivity contribution in [2.24, 2.45) is 5.92 Å². The van der Waals surface area contributed by atoms with Crippen LogP contribution in [-0.2, 0) is 37.6 Å². The molecule has 1 unspecified atom stereocenters. The van der Waals surface area contributed by atoms with Crippen molar-refractivity contribution >= 4 is 14.1 Å². The van der Waals surface area contributed by atoms with E-state index in [4.69, 9.17) is 32.8 Å². The highest BCUT2D eigenvalue weighted by molar-refractivity contribution is 6.74. The van der Waals surface area contributed by atoms with Crippen molar-refractivity contribution < 1.29 is 37.6 Å². The molecule has 1 saturated heterocycles. The highest BCUT2D eigenvalue weighted by Gasteiger charge is 2.64. The van der Waals surface area contributed by atoms with Gasteiger partial charge >= 0.3 is 0 Å². The average Bonchev–Trinajstić information content (AvgIpc) is 2.66. The lowest BCUT2D eigenvalue weighted by Gasteiger charge is -2.57. The summed E-state index contributed by atoms with van der Waals surface area (Å²) in [5.74, 6) is -3.09. The van der Waals surface area contributed by atoms with Gasteiger partial charge in [-0.25, -0.2) is 0 Å². The van der Waals surface area contributed by atoms with Crippen LogP contribution in [0, 0.1) is 5.92 Å². The summed E-state index contributed by atoms with van der Waals surface area (Å²) in [4.78, 5) is 13.3. The van der Waals surface area contributed by atoms with E-state index >= 15 is 0 Å². The van der Waals surface area contributed by atoms with E-state index in [1.165, 1.54) is 14.2 Å². The minimum absolute atomic E-state index is 0.0415. The molecule has 1 heterocycles. The number of ether oxygens (including phenoxy) is 6. The Morgan fingerprint density at radius 2 is 1.53 bits per heavy atom. The van der Waals surface area contributed by atoms with Crippen LogP contribution in [0.2, 0.25) is 18.1 Å². The molecule has 0 aromatic carbocycles. The molecule has 0 spiro atoms. The third kappa shape index (κ3) is 4.41. The largest absolute Gasteiger partial charge is 0.408 e. The molecule has 1 aliphatic heterocycles. The second-order valence-electron chi connectivity index (χ2n) is 9.99. The van der Waals surface area contributed by atoms with Crippen molar-refractivity contribution in [1.29, 1.82) is 0 Å². The lowest BCUT2D eigenvalue weighted by molar-refractivity contribution is -0.452. The molecule has 0 aromatic rings. The second kappa shape index (κ2) is 8.86. The van der Waals surface area contributed by atoms with Crippen molar-refractivity contribution in [3.63, 3.8) is 0 Å². The van der Waals surface area contributed by atoms with E-state index in [2.05, 4.69) is 33.9 Å². The number of methoxy groups -OCH3 is 3. The predicted molar refractivity (Wildman–Crippen MR) is 114 cm³/mol. The normalized spacial score (nSPS) is 40.4. The fourth-order valence-electron chi connectivity index (χ4n) is 3.70. The molecule has 30 heavy (non-hydrogen) atoms. The van der Waals surface area contributed by atoms with Gasteiger partial charge in [-0.2, -0.15) is 0 Å². The minimum Gasteiger partial charge on any atom is -0.408 e. The van der Waals surface area contributed by atoms with Crippen LogP contribution in [0.3, 0.4) is 0 Å². The van der Waals surface area contributed by atoms with Gasteiger partial charge in [0.05, 0.1) is 6.10 Å². The summed E-state index contributed by atoms with van der Waals surface area (Å²) in [5, 5.41) is -0.0415. The zero-order valence-electron chi connectivity index (χ0n) is 20.4. The third-order valence-corrected chi connectivity index (χ3v) is 11.6. The lowest BCUT2D eigenvalue weighted by Crippen LogP contribution is -2.74. The maximum atomic E-state index is 13.3. The van der Waals surface area contributed by atoms with Crippen LogP contribution in [0.4, 0.5) is 0 Å². The van der Waals surface area contributed by atoms with Gasteiger partial charge in [0, 0.05) is 27.2 Å². The molecular weight excluding hydrogens is 408 g/mol. The maximum absolute atomic E-state index is 13.3. The van der Waals surface area contributed by atoms with Crippen LogP contribution in [-0.4, -0.2) is 78.2 Å². The van der Waals surface area contributed by atoms with Crippen molar-refractivity contribution in [1.82, 2.24) is 0 Å². The van der Waals surface area contributed by atoms with Gasteiger partial charge < -0.3 is 32.8 Å². The quantitative estimate of drug-likeness (QED) is 0.434. The fourth-order valence-corrected chi connectivity index (χ4v) is 5.00. The molecule has 176 valence electrons. The summed E-state index contributed by atoms with van der Waals surface area (Å²) >= 11 is 0. The van der Waals surface area contributed by atoms with E-state index in [0.717, 1.165) is 0 Å². The molecule has 2 rings (SSSR count). The monoisotopic (exact) mass is 448 g/mol. The molecule has 9 heteroatoms. The molecule has 0 aromatic heterocycles. The predicted octanol–water partition coefficient (Wildman–Crippen LogP) is 3.09. The van der Waals surface area contributed by atoms with Gasteiger partial charge in [-0.1, -0.05) is 27.7 Å². The van der Waals surface area contributed by atoms with E-state index in [-0.39, 0.29) is 17.6 Å². The van der Waals surface area contributed by atoms with Crippen LogP contribution in [0.15, 0.2) is 0 Å². The first-order valence-electron chi connectivity index (χ1n) is 10.5. The van der Waals surface area contributed by atoms with Gasteiger partial charge in [0.2, 0.25) is 11.6 Å². The Bertz CT molecular complexity index is 621. The molecule has 0 amide bonds. The number of hydrogen-bond acceptors (Lipinski definition) is 8. The topological polar surface area (TPSA) is 81.7 Å². The van der Waals surface area contributed by atoms with Crippen LogP contribution < -0.4 is 0 Å². The molecule has 2 aliphatic rings. The summed E-state index contributed by atoms with van der Waals surface area (Å²) in [5.41, 5.74) is 0. The van der Waals surface area contributed by atoms with E-state index in [9.17, 15) is 4.79 Å². The standard InChI is InChI=1S/C21H40O8Si/c1-13-14(22)16-17(28-21(6,25-9)20(5,24-8)27-16)18(15(13)26-12-23-7)29-30(10,11)19(2,3)4/h13,15-18H,12H2,1-11H3/t13?,15-,16+,17-,18+,20+,21+/m0/s1. The summed E-state index contributed by atoms with van der Waals surface area (Å²) in [7, 11) is 2.34. The van der Waals surface area contributed by atoms with Gasteiger partial charge in [0.15, 0.2) is 14.1 Å². The molecule has 2 fully saturated rings. The second-order valence-corrected chi connectivity index (χ2v) is 14.7. The van der Waals surface area contributed by atoms with Crippen LogP contribution in [0.25, 0.3) is 0 Å². The Labute approximate surface area is 181 Å². The van der Waals surface area contributed by atoms with Crippen LogP contribution in [0.5, 0.6) is 0 Å². The summed E-state index contributed by atoms with van der Waals surface area (Å²) in [6.45, 7) is 16.2. The molecule has 1 saturated carbocycles. The summed E-state index contributed by atoms with van der Waals surface area (Å²) in [6, 6.07) is 0. The molecule has 1 aliphatic carbocycles. The number of rotatable bonds is 7. The Balaban J connectivity index is 2.51. The molecule has 7 atom stereocenters. The van der Waals surface area contributed by atoms with Gasteiger partial charge in [0.25, 0.3) is 0 Å². The highest BCUT2D eigenvalue weighted by Crippen LogP contribution is 2.47. The van der Waals surface area contributed by atoms with E-state index in [1.807, 2.05) is 6.92 Å². The van der Waals surface area contributed by atoms with Gasteiger partial charge in [0.1, 0.15) is 25.1 Å². The molecular formula is C21H40O8Si. The number of fused-ring (bicyclic) bond motifs is 1. The summed E-state index contributed by atoms with van der Waals surface area (Å²) in [6.07, 6.45) is -2.64. The fraction of sp³-hybridized carbons (Fsp3) is 0.952. The van der Waals surface area contributed by atoms with Gasteiger partial charge in [-0.15, -0.1) is 0 Å². The van der Waals surface area contributed by atoms with Crippen molar-refractivity contribution in [2.45, 2.75) is 95.7 Å². The number of carbonyl (C=O) groups is 1. The number of carbonyl (C=O) groups excluding carboxylic acids is 1. The Hall–Kier alpha value is -0.393. The van der Waals surface area contributed by atoms with Crippen molar-refractivity contribution in [3.05, 3.63) is 0 Å². The Morgan fingerprint density at radius 3 is 2.00 bits per heavy atom. The van der Waals surface area contributed by atoms with E-state index in [1.54, 1.807) is 21.0 Å². The van der Waals surface area contributed by atoms with Gasteiger partial charge in [-0.3, -0.25) is 4.79 Å². The number of hydrogen-bond donors (Lipinski definition) is 0. The van der Waals surface area contributed by atoms with Crippen molar-refractivity contribution in [2.75, 3.05) is 28.1 Å². The first-order valence-corrected chi connectivity index (χ1v) is 13.4. The third-order valence-electron chi connectivity index (χ3n) is 7.10. The smallest absolute Gasteiger partial charge is 0.221 e. The lowest BCUT2D eigenvalue weighted by atomic mass is 9.79.